The molecule has 4 nitrogen and oxygen atoms in total. The first kappa shape index (κ1) is 17.8. The van der Waals surface area contributed by atoms with E-state index in [1.54, 1.807) is 0 Å². The summed E-state index contributed by atoms with van der Waals surface area (Å²) in [7, 11) is 0. The normalized spacial score (nSPS) is 16.7. The van der Waals surface area contributed by atoms with Crippen LogP contribution >= 0.6 is 0 Å². The van der Waals surface area contributed by atoms with Crippen molar-refractivity contribution >= 4 is 0 Å². The van der Waals surface area contributed by atoms with E-state index in [4.69, 9.17) is 4.74 Å². The Labute approximate surface area is 112 Å². The first-order valence-electron chi connectivity index (χ1n) is 6.87. The number of hydrogen-bond acceptors (Lipinski definition) is 4. The van der Waals surface area contributed by atoms with E-state index in [-0.39, 0.29) is 17.2 Å². The van der Waals surface area contributed by atoms with Crippen LogP contribution in [0.4, 0.5) is 0 Å². The van der Waals surface area contributed by atoms with Gasteiger partial charge in [0.25, 0.3) is 0 Å². The highest BCUT2D eigenvalue weighted by molar-refractivity contribution is 4.78. The number of aliphatic hydroxyl groups excluding tert-OH is 2. The van der Waals surface area contributed by atoms with Crippen LogP contribution in [-0.2, 0) is 4.74 Å². The van der Waals surface area contributed by atoms with Gasteiger partial charge in [0.1, 0.15) is 0 Å². The summed E-state index contributed by atoms with van der Waals surface area (Å²) in [6.45, 7) is 11.8. The Hall–Kier alpha value is -0.160. The molecule has 18 heavy (non-hydrogen) atoms. The number of rotatable bonds is 8. The second kappa shape index (κ2) is 7.43. The van der Waals surface area contributed by atoms with Gasteiger partial charge in [0.05, 0.1) is 11.7 Å². The molecule has 0 rings (SSSR count). The maximum atomic E-state index is 9.79. The zero-order valence-electron chi connectivity index (χ0n) is 12.8. The van der Waals surface area contributed by atoms with Gasteiger partial charge in [0.15, 0.2) is 0 Å². The van der Waals surface area contributed by atoms with Crippen LogP contribution in [0.25, 0.3) is 0 Å². The van der Waals surface area contributed by atoms with E-state index in [9.17, 15) is 10.2 Å². The Bertz CT molecular complexity index is 224. The standard InChI is InChI=1S/C14H31NO3/c1-7-8-11(16)9-10-14(5,6)15-12(17)18-13(2,3)4/h11-12,15-17H,7-10H2,1-6H3. The number of nitrogens with one attached hydrogen (secondary N) is 1. The Morgan fingerprint density at radius 3 is 2.06 bits per heavy atom. The maximum Gasteiger partial charge on any atom is 0.214 e. The third-order valence-corrected chi connectivity index (χ3v) is 2.70. The molecule has 3 N–H and O–H groups in total. The van der Waals surface area contributed by atoms with Gasteiger partial charge in [-0.05, 0) is 53.9 Å². The van der Waals surface area contributed by atoms with Gasteiger partial charge in [-0.25, -0.2) is 0 Å². The predicted molar refractivity (Wildman–Crippen MR) is 74.2 cm³/mol. The van der Waals surface area contributed by atoms with E-state index >= 15 is 0 Å². The van der Waals surface area contributed by atoms with Gasteiger partial charge < -0.3 is 14.9 Å². The minimum atomic E-state index is -0.983. The summed E-state index contributed by atoms with van der Waals surface area (Å²) in [5.74, 6) is 0. The lowest BCUT2D eigenvalue weighted by atomic mass is 9.95. The van der Waals surface area contributed by atoms with Crippen molar-refractivity contribution in [3.63, 3.8) is 0 Å². The van der Waals surface area contributed by atoms with Crippen LogP contribution in [0.3, 0.4) is 0 Å². The van der Waals surface area contributed by atoms with Gasteiger partial charge in [-0.3, -0.25) is 5.32 Å². The minimum absolute atomic E-state index is 0.253. The van der Waals surface area contributed by atoms with Crippen molar-refractivity contribution in [2.24, 2.45) is 0 Å². The lowest BCUT2D eigenvalue weighted by Crippen LogP contribution is -2.49. The molecule has 0 aliphatic heterocycles. The van der Waals surface area contributed by atoms with Crippen molar-refractivity contribution in [2.75, 3.05) is 0 Å². The van der Waals surface area contributed by atoms with E-state index in [0.717, 1.165) is 25.7 Å². The molecule has 0 bridgehead atoms. The van der Waals surface area contributed by atoms with Crippen LogP contribution in [0.15, 0.2) is 0 Å². The SMILES string of the molecule is CCCC(O)CCC(C)(C)NC(O)OC(C)(C)C. The molecule has 0 heterocycles. The second-order valence-corrected chi connectivity index (χ2v) is 6.59. The fourth-order valence-corrected chi connectivity index (χ4v) is 1.78. The summed E-state index contributed by atoms with van der Waals surface area (Å²) < 4.78 is 5.41. The molecule has 0 saturated carbocycles. The third kappa shape index (κ3) is 9.83. The van der Waals surface area contributed by atoms with Crippen molar-refractivity contribution in [3.8, 4) is 0 Å². The number of aliphatic hydroxyl groups is 2. The molecule has 2 atom stereocenters. The first-order valence-corrected chi connectivity index (χ1v) is 6.87. The van der Waals surface area contributed by atoms with E-state index in [1.807, 2.05) is 34.6 Å². The maximum absolute atomic E-state index is 9.79. The monoisotopic (exact) mass is 261 g/mol. The summed E-state index contributed by atoms with van der Waals surface area (Å²) in [6, 6.07) is 0. The van der Waals surface area contributed by atoms with Gasteiger partial charge >= 0.3 is 0 Å². The molecular formula is C14H31NO3. The van der Waals surface area contributed by atoms with Crippen LogP contribution in [0.5, 0.6) is 0 Å². The smallest absolute Gasteiger partial charge is 0.214 e. The van der Waals surface area contributed by atoms with Crippen molar-refractivity contribution < 1.29 is 14.9 Å². The summed E-state index contributed by atoms with van der Waals surface area (Å²) >= 11 is 0. The lowest BCUT2D eigenvalue weighted by molar-refractivity contribution is -0.191. The van der Waals surface area contributed by atoms with Gasteiger partial charge in [0, 0.05) is 5.54 Å². The minimum Gasteiger partial charge on any atom is -0.393 e. The van der Waals surface area contributed by atoms with Crippen LogP contribution in [0, 0.1) is 0 Å². The molecule has 110 valence electrons. The molecule has 0 aliphatic carbocycles. The Morgan fingerprint density at radius 1 is 1.06 bits per heavy atom. The van der Waals surface area contributed by atoms with Gasteiger partial charge in [-0.2, -0.15) is 0 Å². The molecule has 0 spiro atoms. The highest BCUT2D eigenvalue weighted by Gasteiger charge is 2.25. The Balaban J connectivity index is 4.06. The fraction of sp³-hybridized carbons (Fsp3) is 1.00. The largest absolute Gasteiger partial charge is 0.393 e. The molecule has 0 fully saturated rings. The van der Waals surface area contributed by atoms with Crippen LogP contribution < -0.4 is 5.32 Å². The van der Waals surface area contributed by atoms with E-state index in [2.05, 4.69) is 12.2 Å². The zero-order valence-corrected chi connectivity index (χ0v) is 12.8. The topological polar surface area (TPSA) is 61.7 Å². The van der Waals surface area contributed by atoms with Gasteiger partial charge in [-0.1, -0.05) is 13.3 Å². The second-order valence-electron chi connectivity index (χ2n) is 6.59. The van der Waals surface area contributed by atoms with E-state index in [1.165, 1.54) is 0 Å². The average Bonchev–Trinajstić information content (AvgIpc) is 2.11. The van der Waals surface area contributed by atoms with Crippen LogP contribution in [0.2, 0.25) is 0 Å². The molecule has 4 heteroatoms. The van der Waals surface area contributed by atoms with Gasteiger partial charge in [-0.15, -0.1) is 0 Å². The van der Waals surface area contributed by atoms with Crippen molar-refractivity contribution in [1.29, 1.82) is 0 Å². The van der Waals surface area contributed by atoms with Crippen molar-refractivity contribution in [2.45, 2.75) is 90.9 Å². The van der Waals surface area contributed by atoms with E-state index < -0.39 is 6.41 Å². The molecule has 0 amide bonds. The molecular weight excluding hydrogens is 230 g/mol. The Kier molecular flexibility index (Phi) is 7.37. The van der Waals surface area contributed by atoms with Gasteiger partial charge in [0.2, 0.25) is 6.41 Å². The number of ether oxygens (including phenoxy) is 1. The molecule has 0 aliphatic rings. The summed E-state index contributed by atoms with van der Waals surface area (Å²) in [5.41, 5.74) is -0.649. The van der Waals surface area contributed by atoms with Crippen molar-refractivity contribution in [1.82, 2.24) is 5.32 Å². The summed E-state index contributed by atoms with van der Waals surface area (Å²) in [4.78, 5) is 0. The molecule has 0 aromatic carbocycles. The number of hydrogen-bond donors (Lipinski definition) is 3. The molecule has 0 radical (unpaired) electrons. The molecule has 0 saturated heterocycles. The first-order chi connectivity index (χ1) is 8.06. The van der Waals surface area contributed by atoms with Crippen LogP contribution in [-0.4, -0.2) is 33.9 Å². The average molecular weight is 261 g/mol. The third-order valence-electron chi connectivity index (χ3n) is 2.70. The Morgan fingerprint density at radius 2 is 1.61 bits per heavy atom. The predicted octanol–water partition coefficient (Wildman–Crippen LogP) is 2.39. The molecule has 0 aromatic rings. The zero-order chi connectivity index (χ0) is 14.4. The lowest BCUT2D eigenvalue weighted by Gasteiger charge is -2.33. The summed E-state index contributed by atoms with van der Waals surface area (Å²) in [6.07, 6.45) is 2.11. The quantitative estimate of drug-likeness (QED) is 0.587. The highest BCUT2D eigenvalue weighted by Crippen LogP contribution is 2.17. The molecule has 0 aromatic heterocycles. The summed E-state index contributed by atoms with van der Waals surface area (Å²) in [5, 5.41) is 22.5. The van der Waals surface area contributed by atoms with E-state index in [0.29, 0.717) is 0 Å². The highest BCUT2D eigenvalue weighted by atomic mass is 16.6. The fourth-order valence-electron chi connectivity index (χ4n) is 1.78. The van der Waals surface area contributed by atoms with Crippen molar-refractivity contribution in [3.05, 3.63) is 0 Å². The molecule has 2 unspecified atom stereocenters. The van der Waals surface area contributed by atoms with Crippen LogP contribution in [0.1, 0.15) is 67.2 Å².